The molecule has 6 nitrogen and oxygen atoms in total. The lowest BCUT2D eigenvalue weighted by atomic mass is 9.92. The molecule has 0 aliphatic carbocycles. The first kappa shape index (κ1) is 23.6. The van der Waals surface area contributed by atoms with Crippen molar-refractivity contribution in [1.82, 2.24) is 10.2 Å². The van der Waals surface area contributed by atoms with Gasteiger partial charge in [-0.3, -0.25) is 4.79 Å². The second-order valence-electron chi connectivity index (χ2n) is 8.55. The number of aryl methyl sites for hydroxylation is 1. The van der Waals surface area contributed by atoms with Crippen molar-refractivity contribution >= 4 is 17.3 Å². The fourth-order valence-corrected chi connectivity index (χ4v) is 3.85. The van der Waals surface area contributed by atoms with Crippen molar-refractivity contribution in [3.05, 3.63) is 88.7 Å². The Balaban J connectivity index is 1.43. The minimum absolute atomic E-state index is 0.00819. The number of hydrogen-bond donors (Lipinski definition) is 4. The van der Waals surface area contributed by atoms with Crippen LogP contribution < -0.4 is 10.6 Å². The van der Waals surface area contributed by atoms with Crippen LogP contribution in [0.2, 0.25) is 0 Å². The van der Waals surface area contributed by atoms with E-state index in [-0.39, 0.29) is 36.6 Å². The SMILES string of the molecule is Cc1ccc(Nc2c(C(=O)N3CC(O)(CNCc4ccc(O)cc4)C3)ccc(F)c2F)c(F)c1. The predicted molar refractivity (Wildman–Crippen MR) is 121 cm³/mol. The van der Waals surface area contributed by atoms with Crippen LogP contribution in [0.15, 0.2) is 54.6 Å². The molecule has 0 atom stereocenters. The molecule has 1 aliphatic heterocycles. The first-order valence-electron chi connectivity index (χ1n) is 10.7. The second-order valence-corrected chi connectivity index (χ2v) is 8.55. The number of carbonyl (C=O) groups is 1. The monoisotopic (exact) mass is 471 g/mol. The molecule has 0 unspecified atom stereocenters. The topological polar surface area (TPSA) is 84.8 Å². The molecule has 0 saturated carbocycles. The van der Waals surface area contributed by atoms with Gasteiger partial charge in [-0.1, -0.05) is 18.2 Å². The average Bonchev–Trinajstić information content (AvgIpc) is 2.78. The Bertz CT molecular complexity index is 1210. The molecule has 34 heavy (non-hydrogen) atoms. The summed E-state index contributed by atoms with van der Waals surface area (Å²) in [7, 11) is 0. The van der Waals surface area contributed by atoms with E-state index in [1.807, 2.05) is 0 Å². The molecular weight excluding hydrogens is 447 g/mol. The third kappa shape index (κ3) is 5.00. The first-order chi connectivity index (χ1) is 16.1. The maximum absolute atomic E-state index is 14.6. The maximum Gasteiger partial charge on any atom is 0.256 e. The van der Waals surface area contributed by atoms with E-state index in [9.17, 15) is 28.2 Å². The third-order valence-electron chi connectivity index (χ3n) is 5.69. The molecule has 3 aromatic carbocycles. The van der Waals surface area contributed by atoms with E-state index in [0.29, 0.717) is 12.1 Å². The second kappa shape index (κ2) is 9.36. The Kier molecular flexibility index (Phi) is 6.49. The van der Waals surface area contributed by atoms with Crippen LogP contribution in [0, 0.1) is 24.4 Å². The molecule has 0 aromatic heterocycles. The van der Waals surface area contributed by atoms with Crippen molar-refractivity contribution in [2.24, 2.45) is 0 Å². The fourth-order valence-electron chi connectivity index (χ4n) is 3.85. The normalized spacial score (nSPS) is 14.6. The van der Waals surface area contributed by atoms with Crippen LogP contribution in [0.5, 0.6) is 5.75 Å². The zero-order chi connectivity index (χ0) is 24.5. The van der Waals surface area contributed by atoms with E-state index in [2.05, 4.69) is 10.6 Å². The fraction of sp³-hybridized carbons (Fsp3) is 0.240. The molecule has 4 rings (SSSR count). The van der Waals surface area contributed by atoms with Crippen molar-refractivity contribution in [3.63, 3.8) is 0 Å². The Morgan fingerprint density at radius 2 is 1.74 bits per heavy atom. The summed E-state index contributed by atoms with van der Waals surface area (Å²) in [5.74, 6) is -3.59. The van der Waals surface area contributed by atoms with Crippen LogP contribution >= 0.6 is 0 Å². The molecule has 178 valence electrons. The van der Waals surface area contributed by atoms with Gasteiger partial charge in [0.05, 0.1) is 30.0 Å². The highest BCUT2D eigenvalue weighted by Crippen LogP contribution is 2.31. The van der Waals surface area contributed by atoms with E-state index >= 15 is 0 Å². The van der Waals surface area contributed by atoms with Crippen molar-refractivity contribution in [1.29, 1.82) is 0 Å². The van der Waals surface area contributed by atoms with Crippen molar-refractivity contribution in [3.8, 4) is 5.75 Å². The Morgan fingerprint density at radius 3 is 2.41 bits per heavy atom. The van der Waals surface area contributed by atoms with E-state index in [1.165, 1.54) is 17.0 Å². The number of aliphatic hydroxyl groups is 1. The summed E-state index contributed by atoms with van der Waals surface area (Å²) >= 11 is 0. The number of nitrogens with one attached hydrogen (secondary N) is 2. The lowest BCUT2D eigenvalue weighted by Crippen LogP contribution is -2.67. The van der Waals surface area contributed by atoms with E-state index in [1.54, 1.807) is 37.3 Å². The zero-order valence-electron chi connectivity index (χ0n) is 18.4. The minimum Gasteiger partial charge on any atom is -0.508 e. The van der Waals surface area contributed by atoms with Gasteiger partial charge in [-0.25, -0.2) is 13.2 Å². The number of aromatic hydroxyl groups is 1. The van der Waals surface area contributed by atoms with Gasteiger partial charge in [0, 0.05) is 13.1 Å². The molecule has 4 N–H and O–H groups in total. The smallest absolute Gasteiger partial charge is 0.256 e. The van der Waals surface area contributed by atoms with Crippen LogP contribution in [-0.2, 0) is 6.54 Å². The third-order valence-corrected chi connectivity index (χ3v) is 5.69. The van der Waals surface area contributed by atoms with Crippen LogP contribution in [-0.4, -0.2) is 46.3 Å². The highest BCUT2D eigenvalue weighted by Gasteiger charge is 2.44. The van der Waals surface area contributed by atoms with Gasteiger partial charge in [0.25, 0.3) is 5.91 Å². The predicted octanol–water partition coefficient (Wildman–Crippen LogP) is 3.84. The summed E-state index contributed by atoms with van der Waals surface area (Å²) in [6.45, 7) is 2.33. The molecule has 9 heteroatoms. The van der Waals surface area contributed by atoms with E-state index in [0.717, 1.165) is 17.7 Å². The maximum atomic E-state index is 14.6. The first-order valence-corrected chi connectivity index (χ1v) is 10.7. The number of nitrogens with zero attached hydrogens (tertiary/aromatic N) is 1. The molecule has 1 saturated heterocycles. The Labute approximate surface area is 194 Å². The highest BCUT2D eigenvalue weighted by molar-refractivity contribution is 6.01. The number of likely N-dealkylation sites (tertiary alicyclic amines) is 1. The van der Waals surface area contributed by atoms with Gasteiger partial charge in [-0.15, -0.1) is 0 Å². The lowest BCUT2D eigenvalue weighted by molar-refractivity contribution is -0.0787. The molecule has 0 bridgehead atoms. The van der Waals surface area contributed by atoms with Crippen LogP contribution in [0.25, 0.3) is 0 Å². The van der Waals surface area contributed by atoms with Gasteiger partial charge in [0.15, 0.2) is 11.6 Å². The lowest BCUT2D eigenvalue weighted by Gasteiger charge is -2.46. The summed E-state index contributed by atoms with van der Waals surface area (Å²) in [5, 5.41) is 25.6. The van der Waals surface area contributed by atoms with Gasteiger partial charge in [0.1, 0.15) is 17.2 Å². The van der Waals surface area contributed by atoms with Gasteiger partial charge in [-0.05, 0) is 54.4 Å². The molecule has 1 heterocycles. The van der Waals surface area contributed by atoms with Gasteiger partial charge < -0.3 is 25.7 Å². The number of halogens is 3. The molecule has 0 spiro atoms. The van der Waals surface area contributed by atoms with Gasteiger partial charge >= 0.3 is 0 Å². The number of phenolic OH excluding ortho intramolecular Hbond substituents is 1. The number of carbonyl (C=O) groups excluding carboxylic acids is 1. The summed E-state index contributed by atoms with van der Waals surface area (Å²) in [6, 6.07) is 12.8. The number of β-amino-alcohol motifs (C(OH)–C–C–N with tert-alkyl or cyclic N) is 1. The van der Waals surface area contributed by atoms with Crippen LogP contribution in [0.3, 0.4) is 0 Å². The summed E-state index contributed by atoms with van der Waals surface area (Å²) in [6.07, 6.45) is 0. The number of phenols is 1. The average molecular weight is 471 g/mol. The zero-order valence-corrected chi connectivity index (χ0v) is 18.4. The summed E-state index contributed by atoms with van der Waals surface area (Å²) in [4.78, 5) is 14.3. The van der Waals surface area contributed by atoms with Crippen molar-refractivity contribution in [2.75, 3.05) is 25.0 Å². The van der Waals surface area contributed by atoms with Crippen LogP contribution in [0.1, 0.15) is 21.5 Å². The number of hydrogen-bond acceptors (Lipinski definition) is 5. The van der Waals surface area contributed by atoms with Gasteiger partial charge in [0.2, 0.25) is 0 Å². The largest absolute Gasteiger partial charge is 0.508 e. The standard InChI is InChI=1S/C25H24F3N3O3/c1-15-2-9-21(20(27)10-15)30-23-18(7-8-19(26)22(23)28)24(33)31-13-25(34,14-31)12-29-11-16-3-5-17(32)6-4-16/h2-10,29-30,32,34H,11-14H2,1H3. The molecule has 1 aliphatic rings. The highest BCUT2D eigenvalue weighted by atomic mass is 19.2. The Morgan fingerprint density at radius 1 is 1.03 bits per heavy atom. The molecule has 1 fully saturated rings. The molecular formula is C25H24F3N3O3. The summed E-state index contributed by atoms with van der Waals surface area (Å²) < 4.78 is 42.8. The molecule has 0 radical (unpaired) electrons. The number of anilines is 2. The quantitative estimate of drug-likeness (QED) is 0.421. The summed E-state index contributed by atoms with van der Waals surface area (Å²) in [5.41, 5.74) is -0.344. The van der Waals surface area contributed by atoms with Crippen molar-refractivity contribution < 1.29 is 28.2 Å². The Hall–Kier alpha value is -3.56. The van der Waals surface area contributed by atoms with Crippen LogP contribution in [0.4, 0.5) is 24.5 Å². The minimum atomic E-state index is -1.29. The molecule has 3 aromatic rings. The van der Waals surface area contributed by atoms with Crippen molar-refractivity contribution in [2.45, 2.75) is 19.1 Å². The van der Waals surface area contributed by atoms with Gasteiger partial charge in [-0.2, -0.15) is 0 Å². The number of benzene rings is 3. The van der Waals surface area contributed by atoms with E-state index < -0.39 is 34.6 Å². The number of amides is 1. The molecule has 1 amide bonds. The van der Waals surface area contributed by atoms with E-state index in [4.69, 9.17) is 0 Å². The number of rotatable bonds is 7.